The predicted octanol–water partition coefficient (Wildman–Crippen LogP) is 13.0. The topological polar surface area (TPSA) is 61.7 Å². The van der Waals surface area contributed by atoms with Gasteiger partial charge in [-0.15, -0.1) is 0 Å². The van der Waals surface area contributed by atoms with Crippen LogP contribution in [0.4, 0.5) is 0 Å². The highest BCUT2D eigenvalue weighted by atomic mass is 16.3. The summed E-state index contributed by atoms with van der Waals surface area (Å²) in [6.45, 7) is 0. The molecule has 0 unspecified atom stereocenters. The third-order valence-corrected chi connectivity index (χ3v) is 11.2. The van der Waals surface area contributed by atoms with Crippen LogP contribution in [-0.4, -0.2) is 24.1 Å². The number of hydrogen-bond acceptors (Lipinski definition) is 4. The van der Waals surface area contributed by atoms with Crippen LogP contribution in [0.25, 0.3) is 111 Å². The third kappa shape index (κ3) is 4.87. The molecule has 57 heavy (non-hydrogen) atoms. The number of furan rings is 1. The molecule has 12 rings (SSSR count). The van der Waals surface area contributed by atoms with Gasteiger partial charge >= 0.3 is 0 Å². The largest absolute Gasteiger partial charge is 0.456 e. The van der Waals surface area contributed by atoms with Crippen LogP contribution in [-0.2, 0) is 0 Å². The lowest BCUT2D eigenvalue weighted by molar-refractivity contribution is 0.669. The minimum Gasteiger partial charge on any atom is -0.456 e. The summed E-state index contributed by atoms with van der Waals surface area (Å²) in [4.78, 5) is 14.9. The maximum absolute atomic E-state index is 6.46. The minimum absolute atomic E-state index is 0.622. The van der Waals surface area contributed by atoms with Gasteiger partial charge in [-0.25, -0.2) is 15.0 Å². The molecule has 6 nitrogen and oxygen atoms in total. The van der Waals surface area contributed by atoms with Gasteiger partial charge in [0.05, 0.1) is 22.1 Å². The summed E-state index contributed by atoms with van der Waals surface area (Å²) in [5.74, 6) is 1.90. The number of rotatable bonds is 5. The standard InChI is InChI=1S/C51H31N5O/c1-4-14-32(15-5-1)49-52-50(33-16-6-2-7-17-33)54-51(53-49)34-24-26-36(27-25-34)56-44-30-41-37-20-11-13-23-45(37)57-46(41)31-40(44)38-28-29-43-47(48(38)56)39-21-10-12-22-42(39)55(43)35-18-8-3-9-19-35/h1-31H. The molecule has 4 heterocycles. The Bertz CT molecular complexity index is 3430. The van der Waals surface area contributed by atoms with E-state index in [2.05, 4.69) is 124 Å². The highest BCUT2D eigenvalue weighted by molar-refractivity contribution is 6.27. The van der Waals surface area contributed by atoms with E-state index in [0.29, 0.717) is 17.5 Å². The zero-order valence-electron chi connectivity index (χ0n) is 30.5. The van der Waals surface area contributed by atoms with Crippen LogP contribution in [0.5, 0.6) is 0 Å². The smallest absolute Gasteiger partial charge is 0.164 e. The molecular formula is C51H31N5O. The number of benzene rings is 8. The van der Waals surface area contributed by atoms with Crippen molar-refractivity contribution in [2.45, 2.75) is 0 Å². The first-order valence-electron chi connectivity index (χ1n) is 19.1. The Morgan fingerprint density at radius 1 is 0.333 bits per heavy atom. The number of para-hydroxylation sites is 3. The first-order chi connectivity index (χ1) is 28.3. The van der Waals surface area contributed by atoms with E-state index >= 15 is 0 Å². The van der Waals surface area contributed by atoms with E-state index in [4.69, 9.17) is 19.4 Å². The van der Waals surface area contributed by atoms with Crippen molar-refractivity contribution in [3.63, 3.8) is 0 Å². The van der Waals surface area contributed by atoms with E-state index < -0.39 is 0 Å². The van der Waals surface area contributed by atoms with Crippen LogP contribution >= 0.6 is 0 Å². The van der Waals surface area contributed by atoms with Crippen molar-refractivity contribution in [3.05, 3.63) is 188 Å². The van der Waals surface area contributed by atoms with Crippen LogP contribution in [0.15, 0.2) is 192 Å². The fraction of sp³-hybridized carbons (Fsp3) is 0. The molecule has 0 atom stereocenters. The van der Waals surface area contributed by atoms with Crippen molar-refractivity contribution in [1.82, 2.24) is 24.1 Å². The van der Waals surface area contributed by atoms with E-state index in [-0.39, 0.29) is 0 Å². The Morgan fingerprint density at radius 3 is 1.58 bits per heavy atom. The molecule has 4 aromatic heterocycles. The molecule has 0 N–H and O–H groups in total. The van der Waals surface area contributed by atoms with Gasteiger partial charge < -0.3 is 13.6 Å². The molecule has 266 valence electrons. The quantitative estimate of drug-likeness (QED) is 0.177. The van der Waals surface area contributed by atoms with E-state index in [9.17, 15) is 0 Å². The third-order valence-electron chi connectivity index (χ3n) is 11.2. The van der Waals surface area contributed by atoms with Crippen molar-refractivity contribution in [3.8, 4) is 45.5 Å². The summed E-state index contributed by atoms with van der Waals surface area (Å²) in [5.41, 5.74) is 11.3. The monoisotopic (exact) mass is 729 g/mol. The SMILES string of the molecule is c1ccc(-c2nc(-c3ccccc3)nc(-c3ccc(-n4c5cc6c(cc5c5ccc7c(c8ccccc8n7-c7ccccc7)c54)oc4ccccc46)cc3)n2)cc1. The van der Waals surface area contributed by atoms with E-state index in [1.807, 2.05) is 72.8 Å². The molecule has 8 aromatic carbocycles. The second kappa shape index (κ2) is 12.3. The molecule has 0 radical (unpaired) electrons. The maximum Gasteiger partial charge on any atom is 0.164 e. The van der Waals surface area contributed by atoms with Gasteiger partial charge in [0.15, 0.2) is 17.5 Å². The molecule has 0 fully saturated rings. The van der Waals surface area contributed by atoms with Crippen LogP contribution in [0.1, 0.15) is 0 Å². The first-order valence-corrected chi connectivity index (χ1v) is 19.1. The lowest BCUT2D eigenvalue weighted by Crippen LogP contribution is -2.00. The molecule has 0 saturated heterocycles. The zero-order valence-corrected chi connectivity index (χ0v) is 30.5. The number of nitrogens with zero attached hydrogens (tertiary/aromatic N) is 5. The summed E-state index contributed by atoms with van der Waals surface area (Å²) >= 11 is 0. The molecule has 0 spiro atoms. The predicted molar refractivity (Wildman–Crippen MR) is 232 cm³/mol. The minimum atomic E-state index is 0.622. The molecule has 0 aliphatic rings. The molecule has 0 aliphatic carbocycles. The van der Waals surface area contributed by atoms with E-state index in [1.165, 1.54) is 10.8 Å². The molecule has 6 heteroatoms. The van der Waals surface area contributed by atoms with Gasteiger partial charge in [0.1, 0.15) is 11.2 Å². The van der Waals surface area contributed by atoms with E-state index in [0.717, 1.165) is 82.8 Å². The van der Waals surface area contributed by atoms with Gasteiger partial charge in [0.2, 0.25) is 0 Å². The van der Waals surface area contributed by atoms with Gasteiger partial charge in [-0.05, 0) is 66.7 Å². The Labute approximate surface area is 326 Å². The fourth-order valence-electron chi connectivity index (χ4n) is 8.59. The number of hydrogen-bond donors (Lipinski definition) is 0. The highest BCUT2D eigenvalue weighted by Crippen LogP contribution is 2.44. The van der Waals surface area contributed by atoms with Crippen molar-refractivity contribution in [2.24, 2.45) is 0 Å². The van der Waals surface area contributed by atoms with E-state index in [1.54, 1.807) is 0 Å². The van der Waals surface area contributed by atoms with Gasteiger partial charge in [0.25, 0.3) is 0 Å². The Morgan fingerprint density at radius 2 is 0.895 bits per heavy atom. The van der Waals surface area contributed by atoms with Crippen molar-refractivity contribution in [2.75, 3.05) is 0 Å². The van der Waals surface area contributed by atoms with Gasteiger partial charge in [0, 0.05) is 60.4 Å². The Balaban J connectivity index is 1.13. The lowest BCUT2D eigenvalue weighted by atomic mass is 10.1. The number of aromatic nitrogens is 5. The summed E-state index contributed by atoms with van der Waals surface area (Å²) in [7, 11) is 0. The maximum atomic E-state index is 6.46. The van der Waals surface area contributed by atoms with Gasteiger partial charge in [-0.3, -0.25) is 0 Å². The van der Waals surface area contributed by atoms with Crippen LogP contribution in [0, 0.1) is 0 Å². The Kier molecular flexibility index (Phi) is 6.83. The molecule has 0 saturated carbocycles. The fourth-order valence-corrected chi connectivity index (χ4v) is 8.59. The average molecular weight is 730 g/mol. The zero-order chi connectivity index (χ0) is 37.5. The Hall–Kier alpha value is -7.83. The number of fused-ring (bicyclic) bond motifs is 10. The molecule has 0 aliphatic heterocycles. The van der Waals surface area contributed by atoms with Crippen molar-refractivity contribution < 1.29 is 4.42 Å². The van der Waals surface area contributed by atoms with Crippen LogP contribution in [0.3, 0.4) is 0 Å². The first kappa shape index (κ1) is 31.5. The summed E-state index contributed by atoms with van der Waals surface area (Å²) in [5, 5.41) is 6.89. The van der Waals surface area contributed by atoms with Crippen LogP contribution in [0.2, 0.25) is 0 Å². The average Bonchev–Trinajstić information content (AvgIpc) is 3.93. The van der Waals surface area contributed by atoms with Crippen molar-refractivity contribution >= 4 is 65.6 Å². The summed E-state index contributed by atoms with van der Waals surface area (Å²) < 4.78 is 11.3. The highest BCUT2D eigenvalue weighted by Gasteiger charge is 2.23. The van der Waals surface area contributed by atoms with Crippen LogP contribution < -0.4 is 0 Å². The summed E-state index contributed by atoms with van der Waals surface area (Å²) in [6.07, 6.45) is 0. The van der Waals surface area contributed by atoms with Crippen molar-refractivity contribution in [1.29, 1.82) is 0 Å². The van der Waals surface area contributed by atoms with Gasteiger partial charge in [-0.1, -0.05) is 121 Å². The molecule has 0 bridgehead atoms. The summed E-state index contributed by atoms with van der Waals surface area (Å²) in [6, 6.07) is 65.5. The molecule has 12 aromatic rings. The second-order valence-electron chi connectivity index (χ2n) is 14.4. The molecular weight excluding hydrogens is 699 g/mol. The second-order valence-corrected chi connectivity index (χ2v) is 14.4. The normalized spacial score (nSPS) is 11.9. The van der Waals surface area contributed by atoms with Gasteiger partial charge in [-0.2, -0.15) is 0 Å². The molecule has 0 amide bonds. The lowest BCUT2D eigenvalue weighted by Gasteiger charge is -2.12.